The Hall–Kier alpha value is -1.66. The monoisotopic (exact) mass is 1080 g/mol. The standard InChI is InChI=1S/C71H137NO5/c1-3-5-7-9-11-13-15-17-19-20-30-33-36-39-43-47-51-55-59-63-69(74)68(67-73)72-70(75)64-60-56-52-48-44-40-37-34-31-28-26-24-22-21-23-25-27-29-32-35-38-42-46-50-54-58-62-66-77-71(76)65-61-57-53-49-45-41-18-16-14-12-10-8-6-4-2/h21-22,59,63,68-69,73-74H,3-20,23-58,60-62,64-67H2,1-2H3,(H,72,75)/b22-21-,63-59+. The van der Waals surface area contributed by atoms with Gasteiger partial charge in [0, 0.05) is 12.8 Å². The van der Waals surface area contributed by atoms with E-state index < -0.39 is 12.1 Å². The van der Waals surface area contributed by atoms with Crippen LogP contribution in [0.1, 0.15) is 393 Å². The lowest BCUT2D eigenvalue weighted by Gasteiger charge is -2.20. The quantitative estimate of drug-likeness (QED) is 0.0320. The highest BCUT2D eigenvalue weighted by Gasteiger charge is 2.18. The van der Waals surface area contributed by atoms with Crippen molar-refractivity contribution in [3.05, 3.63) is 24.3 Å². The van der Waals surface area contributed by atoms with Gasteiger partial charge in [-0.2, -0.15) is 0 Å². The summed E-state index contributed by atoms with van der Waals surface area (Å²) in [6.07, 6.45) is 83.9. The summed E-state index contributed by atoms with van der Waals surface area (Å²) in [5.74, 6) is -0.0475. The first kappa shape index (κ1) is 75.3. The van der Waals surface area contributed by atoms with Gasteiger partial charge in [0.25, 0.3) is 0 Å². The van der Waals surface area contributed by atoms with Gasteiger partial charge in [0.15, 0.2) is 0 Å². The van der Waals surface area contributed by atoms with Crippen molar-refractivity contribution in [2.45, 2.75) is 405 Å². The largest absolute Gasteiger partial charge is 0.466 e. The van der Waals surface area contributed by atoms with E-state index in [0.29, 0.717) is 19.4 Å². The summed E-state index contributed by atoms with van der Waals surface area (Å²) >= 11 is 0. The van der Waals surface area contributed by atoms with Gasteiger partial charge in [-0.1, -0.05) is 346 Å². The third-order valence-electron chi connectivity index (χ3n) is 16.5. The average Bonchev–Trinajstić information content (AvgIpc) is 3.43. The van der Waals surface area contributed by atoms with Crippen LogP contribution in [0.15, 0.2) is 24.3 Å². The van der Waals surface area contributed by atoms with Crippen molar-refractivity contribution in [1.29, 1.82) is 0 Å². The number of carbonyl (C=O) groups excluding carboxylic acids is 2. The Morgan fingerprint density at radius 1 is 0.351 bits per heavy atom. The molecular formula is C71H137NO5. The van der Waals surface area contributed by atoms with Crippen LogP contribution in [0.2, 0.25) is 0 Å². The van der Waals surface area contributed by atoms with Gasteiger partial charge in [0.05, 0.1) is 25.4 Å². The van der Waals surface area contributed by atoms with Crippen molar-refractivity contribution in [2.24, 2.45) is 0 Å². The molecule has 0 aromatic rings. The maximum absolute atomic E-state index is 12.5. The van der Waals surface area contributed by atoms with E-state index in [-0.39, 0.29) is 18.5 Å². The lowest BCUT2D eigenvalue weighted by atomic mass is 10.0. The molecule has 0 fully saturated rings. The summed E-state index contributed by atoms with van der Waals surface area (Å²) in [4.78, 5) is 24.6. The van der Waals surface area contributed by atoms with Crippen molar-refractivity contribution in [1.82, 2.24) is 5.32 Å². The molecule has 0 rings (SSSR count). The highest BCUT2D eigenvalue weighted by atomic mass is 16.5. The van der Waals surface area contributed by atoms with Gasteiger partial charge in [0.2, 0.25) is 5.91 Å². The summed E-state index contributed by atoms with van der Waals surface area (Å²) in [5, 5.41) is 23.2. The van der Waals surface area contributed by atoms with Crippen molar-refractivity contribution in [3.63, 3.8) is 0 Å². The van der Waals surface area contributed by atoms with Gasteiger partial charge in [-0.15, -0.1) is 0 Å². The zero-order chi connectivity index (χ0) is 55.7. The van der Waals surface area contributed by atoms with Gasteiger partial charge < -0.3 is 20.3 Å². The fourth-order valence-corrected chi connectivity index (χ4v) is 11.1. The number of hydrogen-bond acceptors (Lipinski definition) is 5. The minimum absolute atomic E-state index is 0.0177. The number of esters is 1. The predicted octanol–water partition coefficient (Wildman–Crippen LogP) is 22.5. The summed E-state index contributed by atoms with van der Waals surface area (Å²) in [6.45, 7) is 4.94. The van der Waals surface area contributed by atoms with E-state index in [2.05, 4.69) is 31.3 Å². The van der Waals surface area contributed by atoms with Gasteiger partial charge in [-0.05, 0) is 57.8 Å². The van der Waals surface area contributed by atoms with Crippen LogP contribution in [0.25, 0.3) is 0 Å². The number of carbonyl (C=O) groups is 2. The molecule has 2 unspecified atom stereocenters. The van der Waals surface area contributed by atoms with E-state index >= 15 is 0 Å². The lowest BCUT2D eigenvalue weighted by Crippen LogP contribution is -2.45. The molecule has 0 aromatic carbocycles. The van der Waals surface area contributed by atoms with Crippen molar-refractivity contribution in [2.75, 3.05) is 13.2 Å². The first-order valence-electron chi connectivity index (χ1n) is 35.1. The topological polar surface area (TPSA) is 95.9 Å². The summed E-state index contributed by atoms with van der Waals surface area (Å²) in [5.41, 5.74) is 0. The SMILES string of the molecule is CCCCCCCCCCCCCCCCCCC/C=C/C(O)C(CO)NC(=O)CCCCCCCCCCCCC/C=C\CCCCCCCCCCCCCCOC(=O)CCCCCCCCCCCCCCCC. The predicted molar refractivity (Wildman–Crippen MR) is 338 cm³/mol. The Kier molecular flexibility index (Phi) is 65.4. The van der Waals surface area contributed by atoms with Crippen molar-refractivity contribution in [3.8, 4) is 0 Å². The average molecular weight is 1080 g/mol. The van der Waals surface area contributed by atoms with Crippen LogP contribution in [-0.2, 0) is 14.3 Å². The number of aliphatic hydroxyl groups is 2. The second-order valence-corrected chi connectivity index (χ2v) is 24.2. The Labute approximate surface area is 481 Å². The smallest absolute Gasteiger partial charge is 0.305 e. The molecule has 0 aliphatic rings. The third-order valence-corrected chi connectivity index (χ3v) is 16.5. The van der Waals surface area contributed by atoms with Crippen LogP contribution in [0.4, 0.5) is 0 Å². The maximum atomic E-state index is 12.5. The second kappa shape index (κ2) is 66.8. The molecule has 3 N–H and O–H groups in total. The highest BCUT2D eigenvalue weighted by molar-refractivity contribution is 5.76. The number of amides is 1. The van der Waals surface area contributed by atoms with Gasteiger partial charge in [-0.25, -0.2) is 0 Å². The molecular weight excluding hydrogens is 947 g/mol. The third kappa shape index (κ3) is 63.4. The van der Waals surface area contributed by atoms with Crippen LogP contribution < -0.4 is 5.32 Å². The fraction of sp³-hybridized carbons (Fsp3) is 0.915. The molecule has 456 valence electrons. The number of nitrogens with one attached hydrogen (secondary N) is 1. The maximum Gasteiger partial charge on any atom is 0.305 e. The summed E-state index contributed by atoms with van der Waals surface area (Å²) in [6, 6.07) is -0.629. The van der Waals surface area contributed by atoms with E-state index in [0.717, 1.165) is 38.5 Å². The van der Waals surface area contributed by atoms with Crippen molar-refractivity contribution < 1.29 is 24.5 Å². The molecule has 0 spiro atoms. The molecule has 1 amide bonds. The zero-order valence-electron chi connectivity index (χ0n) is 52.2. The number of unbranched alkanes of at least 4 members (excludes halogenated alkanes) is 53. The van der Waals surface area contributed by atoms with Crippen LogP contribution in [0.3, 0.4) is 0 Å². The minimum atomic E-state index is -0.845. The Bertz CT molecular complexity index is 1200. The van der Waals surface area contributed by atoms with Crippen LogP contribution in [-0.4, -0.2) is 47.4 Å². The van der Waals surface area contributed by atoms with Crippen LogP contribution >= 0.6 is 0 Å². The van der Waals surface area contributed by atoms with Gasteiger partial charge >= 0.3 is 5.97 Å². The van der Waals surface area contributed by atoms with Crippen LogP contribution in [0, 0.1) is 0 Å². The molecule has 0 bridgehead atoms. The molecule has 6 nitrogen and oxygen atoms in total. The minimum Gasteiger partial charge on any atom is -0.466 e. The molecule has 0 aromatic heterocycles. The van der Waals surface area contributed by atoms with Crippen molar-refractivity contribution >= 4 is 11.9 Å². The molecule has 77 heavy (non-hydrogen) atoms. The second-order valence-electron chi connectivity index (χ2n) is 24.2. The van der Waals surface area contributed by atoms with Gasteiger partial charge in [-0.3, -0.25) is 9.59 Å². The zero-order valence-corrected chi connectivity index (χ0v) is 52.2. The molecule has 6 heteroatoms. The van der Waals surface area contributed by atoms with E-state index in [1.807, 2.05) is 6.08 Å². The molecule has 2 atom stereocenters. The van der Waals surface area contributed by atoms with Gasteiger partial charge in [0.1, 0.15) is 0 Å². The first-order valence-corrected chi connectivity index (χ1v) is 35.1. The Morgan fingerprint density at radius 3 is 0.922 bits per heavy atom. The summed E-state index contributed by atoms with van der Waals surface area (Å²) < 4.78 is 5.49. The normalized spacial score (nSPS) is 12.6. The number of ether oxygens (including phenoxy) is 1. The summed E-state index contributed by atoms with van der Waals surface area (Å²) in [7, 11) is 0. The fourth-order valence-electron chi connectivity index (χ4n) is 11.1. The molecule has 0 saturated carbocycles. The van der Waals surface area contributed by atoms with E-state index in [1.54, 1.807) is 6.08 Å². The number of rotatable bonds is 66. The molecule has 0 radical (unpaired) electrons. The Balaban J connectivity index is 3.40. The molecule has 0 saturated heterocycles. The first-order chi connectivity index (χ1) is 38.0. The highest BCUT2D eigenvalue weighted by Crippen LogP contribution is 2.18. The molecule has 0 aliphatic heterocycles. The number of hydrogen-bond donors (Lipinski definition) is 3. The number of allylic oxidation sites excluding steroid dienone is 3. The van der Waals surface area contributed by atoms with E-state index in [9.17, 15) is 19.8 Å². The Morgan fingerprint density at radius 2 is 0.610 bits per heavy atom. The van der Waals surface area contributed by atoms with E-state index in [1.165, 1.54) is 327 Å². The van der Waals surface area contributed by atoms with Crippen LogP contribution in [0.5, 0.6) is 0 Å². The molecule has 0 aliphatic carbocycles. The number of aliphatic hydroxyl groups excluding tert-OH is 2. The lowest BCUT2D eigenvalue weighted by molar-refractivity contribution is -0.143. The van der Waals surface area contributed by atoms with E-state index in [4.69, 9.17) is 4.74 Å². The molecule has 0 heterocycles.